The third-order valence-corrected chi connectivity index (χ3v) is 4.11. The molecule has 6 heteroatoms. The molecular formula is C11H9Br2ClN2O. The van der Waals surface area contributed by atoms with Crippen LogP contribution in [0.3, 0.4) is 0 Å². The van der Waals surface area contributed by atoms with Crippen molar-refractivity contribution < 1.29 is 4.42 Å². The predicted molar refractivity (Wildman–Crippen MR) is 74.2 cm³/mol. The van der Waals surface area contributed by atoms with Crippen molar-refractivity contribution in [2.24, 2.45) is 0 Å². The molecule has 2 heterocycles. The van der Waals surface area contributed by atoms with Gasteiger partial charge in [0, 0.05) is 0 Å². The zero-order valence-corrected chi connectivity index (χ0v) is 13.1. The second-order valence-corrected chi connectivity index (χ2v) is 5.79. The minimum absolute atomic E-state index is 0.248. The summed E-state index contributed by atoms with van der Waals surface area (Å²) >= 11 is 12.9. The van der Waals surface area contributed by atoms with Crippen molar-refractivity contribution in [1.29, 1.82) is 0 Å². The summed E-state index contributed by atoms with van der Waals surface area (Å²) in [7, 11) is 0. The fourth-order valence-corrected chi connectivity index (χ4v) is 2.56. The average molecular weight is 380 g/mol. The van der Waals surface area contributed by atoms with Crippen LogP contribution in [0.25, 0.3) is 11.6 Å². The Morgan fingerprint density at radius 3 is 2.53 bits per heavy atom. The van der Waals surface area contributed by atoms with Crippen molar-refractivity contribution in [2.75, 3.05) is 0 Å². The number of halogens is 3. The summed E-state index contributed by atoms with van der Waals surface area (Å²) in [4.78, 5) is 8.67. The van der Waals surface area contributed by atoms with Crippen molar-refractivity contribution in [1.82, 2.24) is 9.97 Å². The standard InChI is InChI=1S/C11H9Br2ClN2O/c1-5(2)8-7(13)10(14)16-11(15-8)9-6(12)3-4-17-9/h3-5H,1-2H3. The molecule has 0 atom stereocenters. The second-order valence-electron chi connectivity index (χ2n) is 3.79. The molecule has 2 aromatic heterocycles. The van der Waals surface area contributed by atoms with Gasteiger partial charge in [0.25, 0.3) is 0 Å². The Morgan fingerprint density at radius 2 is 2.00 bits per heavy atom. The van der Waals surface area contributed by atoms with Gasteiger partial charge in [0.05, 0.1) is 20.9 Å². The zero-order valence-electron chi connectivity index (χ0n) is 9.17. The van der Waals surface area contributed by atoms with E-state index in [-0.39, 0.29) is 5.92 Å². The quantitative estimate of drug-likeness (QED) is 0.685. The highest BCUT2D eigenvalue weighted by molar-refractivity contribution is 9.11. The van der Waals surface area contributed by atoms with Crippen LogP contribution in [-0.4, -0.2) is 9.97 Å². The predicted octanol–water partition coefficient (Wildman–Crippen LogP) is 5.04. The summed E-state index contributed by atoms with van der Waals surface area (Å²) in [5.74, 6) is 1.32. The van der Waals surface area contributed by atoms with Crippen molar-refractivity contribution in [3.05, 3.63) is 32.1 Å². The maximum absolute atomic E-state index is 6.08. The van der Waals surface area contributed by atoms with Crippen LogP contribution in [0.15, 0.2) is 25.7 Å². The molecule has 90 valence electrons. The van der Waals surface area contributed by atoms with Crippen molar-refractivity contribution >= 4 is 43.5 Å². The molecule has 0 unspecified atom stereocenters. The summed E-state index contributed by atoms with van der Waals surface area (Å²) in [6, 6.07) is 1.80. The number of aromatic nitrogens is 2. The van der Waals surface area contributed by atoms with E-state index in [0.717, 1.165) is 14.6 Å². The minimum Gasteiger partial charge on any atom is -0.460 e. The van der Waals surface area contributed by atoms with Gasteiger partial charge in [-0.15, -0.1) is 0 Å². The molecule has 0 aliphatic rings. The molecule has 0 N–H and O–H groups in total. The van der Waals surface area contributed by atoms with Crippen LogP contribution in [0.2, 0.25) is 5.15 Å². The van der Waals surface area contributed by atoms with Gasteiger partial charge in [0.15, 0.2) is 11.6 Å². The van der Waals surface area contributed by atoms with Crippen LogP contribution in [0.1, 0.15) is 25.5 Å². The molecule has 2 rings (SSSR count). The van der Waals surface area contributed by atoms with Crippen molar-refractivity contribution in [3.8, 4) is 11.6 Å². The van der Waals surface area contributed by atoms with Gasteiger partial charge in [0.2, 0.25) is 0 Å². The van der Waals surface area contributed by atoms with E-state index in [1.54, 1.807) is 12.3 Å². The molecule has 0 saturated heterocycles. The Kier molecular flexibility index (Phi) is 3.90. The molecular weight excluding hydrogens is 371 g/mol. The molecule has 2 aromatic rings. The maximum atomic E-state index is 6.08. The monoisotopic (exact) mass is 378 g/mol. The van der Waals surface area contributed by atoms with E-state index in [0.29, 0.717) is 16.7 Å². The van der Waals surface area contributed by atoms with Crippen LogP contribution in [0, 0.1) is 0 Å². The first-order valence-electron chi connectivity index (χ1n) is 4.97. The minimum atomic E-state index is 0.248. The fraction of sp³-hybridized carbons (Fsp3) is 0.273. The first-order chi connectivity index (χ1) is 8.00. The van der Waals surface area contributed by atoms with E-state index >= 15 is 0 Å². The van der Waals surface area contributed by atoms with E-state index < -0.39 is 0 Å². The van der Waals surface area contributed by atoms with Crippen LogP contribution >= 0.6 is 43.5 Å². The van der Waals surface area contributed by atoms with Crippen molar-refractivity contribution in [3.63, 3.8) is 0 Å². The number of rotatable bonds is 2. The zero-order chi connectivity index (χ0) is 12.6. The van der Waals surface area contributed by atoms with Gasteiger partial charge in [-0.1, -0.05) is 25.4 Å². The Bertz CT molecular complexity index is 554. The number of hydrogen-bond acceptors (Lipinski definition) is 3. The molecule has 0 aromatic carbocycles. The molecule has 0 radical (unpaired) electrons. The highest BCUT2D eigenvalue weighted by atomic mass is 79.9. The van der Waals surface area contributed by atoms with Crippen LogP contribution in [0.5, 0.6) is 0 Å². The molecule has 17 heavy (non-hydrogen) atoms. The van der Waals surface area contributed by atoms with Gasteiger partial charge in [-0.2, -0.15) is 0 Å². The van der Waals surface area contributed by atoms with Gasteiger partial charge in [0.1, 0.15) is 5.15 Å². The van der Waals surface area contributed by atoms with Gasteiger partial charge in [-0.3, -0.25) is 0 Å². The molecule has 0 aliphatic heterocycles. The van der Waals surface area contributed by atoms with Crippen LogP contribution < -0.4 is 0 Å². The topological polar surface area (TPSA) is 38.9 Å². The van der Waals surface area contributed by atoms with Gasteiger partial charge < -0.3 is 4.42 Å². The second kappa shape index (κ2) is 5.08. The maximum Gasteiger partial charge on any atom is 0.198 e. The lowest BCUT2D eigenvalue weighted by molar-refractivity contribution is 0.575. The molecule has 0 bridgehead atoms. The Morgan fingerprint density at radius 1 is 1.29 bits per heavy atom. The first kappa shape index (κ1) is 13.1. The summed E-state index contributed by atoms with van der Waals surface area (Å²) in [5.41, 5.74) is 0.864. The molecule has 0 amide bonds. The lowest BCUT2D eigenvalue weighted by Crippen LogP contribution is -2.00. The Labute approximate surface area is 121 Å². The van der Waals surface area contributed by atoms with Gasteiger partial charge in [-0.25, -0.2) is 9.97 Å². The molecule has 0 spiro atoms. The Balaban J connectivity index is 2.61. The summed E-state index contributed by atoms with van der Waals surface area (Å²) in [6.07, 6.45) is 1.58. The largest absolute Gasteiger partial charge is 0.460 e. The summed E-state index contributed by atoms with van der Waals surface area (Å²) in [5, 5.41) is 0.391. The van der Waals surface area contributed by atoms with Crippen LogP contribution in [-0.2, 0) is 0 Å². The van der Waals surface area contributed by atoms with E-state index in [2.05, 4.69) is 41.8 Å². The lowest BCUT2D eigenvalue weighted by Gasteiger charge is -2.09. The van der Waals surface area contributed by atoms with E-state index in [4.69, 9.17) is 16.0 Å². The SMILES string of the molecule is CC(C)c1nc(-c2occc2Br)nc(Cl)c1Br. The fourth-order valence-electron chi connectivity index (χ4n) is 1.37. The van der Waals surface area contributed by atoms with Gasteiger partial charge in [-0.05, 0) is 43.8 Å². The third kappa shape index (κ3) is 2.56. The lowest BCUT2D eigenvalue weighted by atomic mass is 10.1. The molecule has 0 saturated carbocycles. The van der Waals surface area contributed by atoms with E-state index in [1.807, 2.05) is 13.8 Å². The van der Waals surface area contributed by atoms with Crippen LogP contribution in [0.4, 0.5) is 0 Å². The average Bonchev–Trinajstić information content (AvgIpc) is 2.68. The van der Waals surface area contributed by atoms with E-state index in [9.17, 15) is 0 Å². The number of hydrogen-bond donors (Lipinski definition) is 0. The van der Waals surface area contributed by atoms with E-state index in [1.165, 1.54) is 0 Å². The van der Waals surface area contributed by atoms with Gasteiger partial charge >= 0.3 is 0 Å². The first-order valence-corrected chi connectivity index (χ1v) is 6.93. The smallest absolute Gasteiger partial charge is 0.198 e. The number of nitrogens with zero attached hydrogens (tertiary/aromatic N) is 2. The third-order valence-electron chi connectivity index (χ3n) is 2.20. The summed E-state index contributed by atoms with van der Waals surface area (Å²) < 4.78 is 6.88. The van der Waals surface area contributed by atoms with Crippen molar-refractivity contribution in [2.45, 2.75) is 19.8 Å². The molecule has 3 nitrogen and oxygen atoms in total. The number of furan rings is 1. The molecule has 0 aliphatic carbocycles. The summed E-state index contributed by atoms with van der Waals surface area (Å²) in [6.45, 7) is 4.09. The normalized spacial score (nSPS) is 11.2. The Hall–Kier alpha value is -0.390. The highest BCUT2D eigenvalue weighted by Crippen LogP contribution is 2.33. The highest BCUT2D eigenvalue weighted by Gasteiger charge is 2.17. The molecule has 0 fully saturated rings.